The smallest absolute Gasteiger partial charge is 0.326 e. The zero-order chi connectivity index (χ0) is 27.5. The van der Waals surface area contributed by atoms with Crippen molar-refractivity contribution in [1.82, 2.24) is 20.9 Å². The SMILES string of the molecule is CSCCC(NC(=O)C(N)CO)C(=O)NC(CC(C)C)C(=O)NC(Cc1c[nH]c2ccccc12)C(=O)O. The van der Waals surface area contributed by atoms with Crippen molar-refractivity contribution in [2.45, 2.75) is 57.3 Å². The van der Waals surface area contributed by atoms with Crippen LogP contribution in [0.2, 0.25) is 0 Å². The summed E-state index contributed by atoms with van der Waals surface area (Å²) in [7, 11) is 0. The standard InChI is InChI=1S/C25H37N5O6S/c1-14(2)10-20(29-23(33)19(8-9-37-3)28-22(32)17(26)13-31)24(34)30-21(25(35)36)11-15-12-27-18-7-5-4-6-16(15)18/h4-7,12,14,17,19-21,27,31H,8-11,13,26H2,1-3H3,(H,28,32)(H,29,33)(H,30,34)(H,35,36). The highest BCUT2D eigenvalue weighted by molar-refractivity contribution is 7.98. The van der Waals surface area contributed by atoms with Crippen molar-refractivity contribution in [3.8, 4) is 0 Å². The van der Waals surface area contributed by atoms with Gasteiger partial charge in [-0.15, -0.1) is 0 Å². The topological polar surface area (TPSA) is 187 Å². The van der Waals surface area contributed by atoms with Gasteiger partial charge in [-0.2, -0.15) is 11.8 Å². The zero-order valence-corrected chi connectivity index (χ0v) is 22.1. The van der Waals surface area contributed by atoms with E-state index >= 15 is 0 Å². The molecule has 0 fully saturated rings. The molecule has 12 heteroatoms. The molecule has 0 aliphatic rings. The molecule has 0 radical (unpaired) electrons. The number of aliphatic hydroxyl groups is 1. The molecule has 1 aromatic heterocycles. The molecule has 0 bridgehead atoms. The predicted molar refractivity (Wildman–Crippen MR) is 143 cm³/mol. The molecule has 0 saturated heterocycles. The second-order valence-electron chi connectivity index (χ2n) is 9.29. The number of carbonyl (C=O) groups excluding carboxylic acids is 3. The average Bonchev–Trinajstić information content (AvgIpc) is 3.27. The van der Waals surface area contributed by atoms with Crippen LogP contribution in [0.15, 0.2) is 30.5 Å². The van der Waals surface area contributed by atoms with Crippen LogP contribution in [0.1, 0.15) is 32.3 Å². The number of hydrogen-bond donors (Lipinski definition) is 7. The minimum atomic E-state index is -1.21. The van der Waals surface area contributed by atoms with E-state index in [1.807, 2.05) is 44.4 Å². The fraction of sp³-hybridized carbons (Fsp3) is 0.520. The molecule has 0 aliphatic heterocycles. The van der Waals surface area contributed by atoms with Crippen LogP contribution < -0.4 is 21.7 Å². The molecule has 0 spiro atoms. The molecule has 0 aliphatic carbocycles. The number of amides is 3. The number of fused-ring (bicyclic) bond motifs is 1. The molecule has 204 valence electrons. The van der Waals surface area contributed by atoms with Crippen molar-refractivity contribution in [3.63, 3.8) is 0 Å². The summed E-state index contributed by atoms with van der Waals surface area (Å²) in [5.74, 6) is -2.53. The summed E-state index contributed by atoms with van der Waals surface area (Å²) in [6.07, 6.45) is 4.17. The quantitative estimate of drug-likeness (QED) is 0.170. The Bertz CT molecular complexity index is 1070. The van der Waals surface area contributed by atoms with Gasteiger partial charge in [0.15, 0.2) is 0 Å². The van der Waals surface area contributed by atoms with E-state index in [0.717, 1.165) is 16.5 Å². The summed E-state index contributed by atoms with van der Waals surface area (Å²) in [6.45, 7) is 3.18. The number of H-pyrrole nitrogens is 1. The molecule has 1 aromatic carbocycles. The summed E-state index contributed by atoms with van der Waals surface area (Å²) < 4.78 is 0. The number of carboxylic acids is 1. The molecule has 2 aromatic rings. The Kier molecular flexibility index (Phi) is 11.9. The monoisotopic (exact) mass is 535 g/mol. The predicted octanol–water partition coefficient (Wildman–Crippen LogP) is 0.368. The van der Waals surface area contributed by atoms with Gasteiger partial charge >= 0.3 is 5.97 Å². The van der Waals surface area contributed by atoms with E-state index in [1.54, 1.807) is 6.20 Å². The average molecular weight is 536 g/mol. The van der Waals surface area contributed by atoms with E-state index in [4.69, 9.17) is 10.8 Å². The fourth-order valence-electron chi connectivity index (χ4n) is 3.83. The first-order chi connectivity index (χ1) is 17.6. The molecular weight excluding hydrogens is 498 g/mol. The number of hydrogen-bond acceptors (Lipinski definition) is 7. The maximum Gasteiger partial charge on any atom is 0.326 e. The summed E-state index contributed by atoms with van der Waals surface area (Å²) in [6, 6.07) is 3.08. The summed E-state index contributed by atoms with van der Waals surface area (Å²) in [4.78, 5) is 53.6. The lowest BCUT2D eigenvalue weighted by Crippen LogP contribution is -2.58. The summed E-state index contributed by atoms with van der Waals surface area (Å²) >= 11 is 1.48. The molecule has 2 rings (SSSR count). The number of thioether (sulfide) groups is 1. The highest BCUT2D eigenvalue weighted by atomic mass is 32.2. The van der Waals surface area contributed by atoms with Crippen molar-refractivity contribution >= 4 is 46.4 Å². The number of benzene rings is 1. The molecule has 37 heavy (non-hydrogen) atoms. The maximum absolute atomic E-state index is 13.2. The van der Waals surface area contributed by atoms with Crippen molar-refractivity contribution in [2.75, 3.05) is 18.6 Å². The van der Waals surface area contributed by atoms with E-state index in [0.29, 0.717) is 5.75 Å². The van der Waals surface area contributed by atoms with Gasteiger partial charge in [0.1, 0.15) is 24.2 Å². The van der Waals surface area contributed by atoms with E-state index in [2.05, 4.69) is 20.9 Å². The van der Waals surface area contributed by atoms with Gasteiger partial charge in [-0.3, -0.25) is 14.4 Å². The van der Waals surface area contributed by atoms with Gasteiger partial charge in [-0.25, -0.2) is 4.79 Å². The second-order valence-corrected chi connectivity index (χ2v) is 10.3. The Morgan fingerprint density at radius 3 is 2.24 bits per heavy atom. The van der Waals surface area contributed by atoms with Crippen LogP contribution in [-0.2, 0) is 25.6 Å². The molecule has 4 atom stereocenters. The van der Waals surface area contributed by atoms with Gasteiger partial charge in [0.25, 0.3) is 0 Å². The lowest BCUT2D eigenvalue weighted by atomic mass is 10.0. The van der Waals surface area contributed by atoms with Crippen LogP contribution in [0.4, 0.5) is 0 Å². The third-order valence-corrected chi connectivity index (χ3v) is 6.47. The maximum atomic E-state index is 13.2. The molecule has 4 unspecified atom stereocenters. The second kappa shape index (κ2) is 14.6. The molecule has 8 N–H and O–H groups in total. The van der Waals surface area contributed by atoms with Crippen LogP contribution in [0.3, 0.4) is 0 Å². The Hall–Kier alpha value is -3.09. The van der Waals surface area contributed by atoms with Crippen LogP contribution in [0.5, 0.6) is 0 Å². The zero-order valence-electron chi connectivity index (χ0n) is 21.3. The van der Waals surface area contributed by atoms with Crippen molar-refractivity contribution in [3.05, 3.63) is 36.0 Å². The number of nitrogens with one attached hydrogen (secondary N) is 4. The molecular formula is C25H37N5O6S. The number of aliphatic hydroxyl groups excluding tert-OH is 1. The number of rotatable bonds is 15. The first kappa shape index (κ1) is 30.1. The van der Waals surface area contributed by atoms with Gasteiger partial charge in [-0.05, 0) is 42.4 Å². The number of aromatic nitrogens is 1. The van der Waals surface area contributed by atoms with Crippen LogP contribution >= 0.6 is 11.8 Å². The molecule has 3 amide bonds. The van der Waals surface area contributed by atoms with E-state index < -0.39 is 54.5 Å². The molecule has 0 saturated carbocycles. The summed E-state index contributed by atoms with van der Waals surface area (Å²) in [5, 5.41) is 27.6. The lowest BCUT2D eigenvalue weighted by Gasteiger charge is -2.26. The highest BCUT2D eigenvalue weighted by Crippen LogP contribution is 2.19. The van der Waals surface area contributed by atoms with Gasteiger partial charge in [0.2, 0.25) is 17.7 Å². The van der Waals surface area contributed by atoms with E-state index in [9.17, 15) is 24.3 Å². The Labute approximate surface area is 220 Å². The number of carbonyl (C=O) groups is 4. The fourth-order valence-corrected chi connectivity index (χ4v) is 4.31. The van der Waals surface area contributed by atoms with Gasteiger partial charge in [0, 0.05) is 23.5 Å². The van der Waals surface area contributed by atoms with E-state index in [1.165, 1.54) is 11.8 Å². The molecule has 11 nitrogen and oxygen atoms in total. The van der Waals surface area contributed by atoms with Gasteiger partial charge in [0.05, 0.1) is 6.61 Å². The van der Waals surface area contributed by atoms with Gasteiger partial charge < -0.3 is 36.9 Å². The van der Waals surface area contributed by atoms with E-state index in [-0.39, 0.29) is 25.2 Å². The largest absolute Gasteiger partial charge is 0.480 e. The van der Waals surface area contributed by atoms with Crippen LogP contribution in [-0.4, -0.2) is 81.7 Å². The normalized spacial score (nSPS) is 14.5. The third-order valence-electron chi connectivity index (χ3n) is 5.83. The number of aliphatic carboxylic acids is 1. The first-order valence-electron chi connectivity index (χ1n) is 12.1. The highest BCUT2D eigenvalue weighted by Gasteiger charge is 2.31. The lowest BCUT2D eigenvalue weighted by molar-refractivity contribution is -0.142. The summed E-state index contributed by atoms with van der Waals surface area (Å²) in [5.41, 5.74) is 7.16. The number of nitrogens with two attached hydrogens (primary N) is 1. The number of para-hydroxylation sites is 1. The Morgan fingerprint density at radius 2 is 1.62 bits per heavy atom. The number of carboxylic acid groups (broad SMARTS) is 1. The van der Waals surface area contributed by atoms with Crippen molar-refractivity contribution in [2.24, 2.45) is 11.7 Å². The minimum Gasteiger partial charge on any atom is -0.480 e. The van der Waals surface area contributed by atoms with Crippen molar-refractivity contribution in [1.29, 1.82) is 0 Å². The van der Waals surface area contributed by atoms with Crippen molar-refractivity contribution < 1.29 is 29.4 Å². The van der Waals surface area contributed by atoms with Crippen LogP contribution in [0, 0.1) is 5.92 Å². The number of aromatic amines is 1. The molecule has 1 heterocycles. The van der Waals surface area contributed by atoms with Gasteiger partial charge in [-0.1, -0.05) is 32.0 Å². The van der Waals surface area contributed by atoms with Crippen LogP contribution in [0.25, 0.3) is 10.9 Å². The third kappa shape index (κ3) is 9.06. The Morgan fingerprint density at radius 1 is 1.00 bits per heavy atom. The minimum absolute atomic E-state index is 0.00925. The first-order valence-corrected chi connectivity index (χ1v) is 13.5. The Balaban J connectivity index is 2.17.